The third-order valence-corrected chi connectivity index (χ3v) is 5.77. The van der Waals surface area contributed by atoms with Gasteiger partial charge in [0.25, 0.3) is 11.5 Å². The molecule has 0 aliphatic carbocycles. The second-order valence-electron chi connectivity index (χ2n) is 6.77. The molecule has 2 aromatic rings. The van der Waals surface area contributed by atoms with Gasteiger partial charge in [-0.15, -0.1) is 0 Å². The number of aromatic nitrogens is 1. The van der Waals surface area contributed by atoms with Gasteiger partial charge in [0.2, 0.25) is 10.0 Å². The molecule has 1 aromatic heterocycles. The number of aromatic hydroxyl groups is 1. The quantitative estimate of drug-likeness (QED) is 0.253. The summed E-state index contributed by atoms with van der Waals surface area (Å²) in [7, 11) is -4.26. The zero-order valence-corrected chi connectivity index (χ0v) is 17.8. The molecule has 0 bridgehead atoms. The number of ketones is 1. The summed E-state index contributed by atoms with van der Waals surface area (Å²) in [6.45, 7) is 0.581. The standard InChI is InChI=1S/C19H19N3O10S/c1-9(23)14(7-16(25)26)22-18(28)13-4-2-10(17(27)21-13)8-20-33(31,32)11-3-5-15(24)12(6-11)19(29)30/h2-6,14,20,24H,7-8H2,1H3,(H,21,27)(H,22,28)(H,25,26)(H,29,30). The number of amides is 1. The Morgan fingerprint density at radius 2 is 1.76 bits per heavy atom. The molecule has 6 N–H and O–H groups in total. The van der Waals surface area contributed by atoms with Crippen molar-refractivity contribution in [2.75, 3.05) is 0 Å². The molecule has 1 aromatic carbocycles. The third kappa shape index (κ3) is 6.47. The number of aliphatic carboxylic acids is 1. The van der Waals surface area contributed by atoms with Gasteiger partial charge in [-0.1, -0.05) is 0 Å². The van der Waals surface area contributed by atoms with Crippen LogP contribution in [0.3, 0.4) is 0 Å². The Balaban J connectivity index is 2.16. The molecule has 0 aliphatic heterocycles. The molecular weight excluding hydrogens is 462 g/mol. The van der Waals surface area contributed by atoms with Crippen LogP contribution in [-0.4, -0.2) is 58.4 Å². The first-order valence-electron chi connectivity index (χ1n) is 9.13. The molecule has 13 nitrogen and oxygen atoms in total. The van der Waals surface area contributed by atoms with Crippen molar-refractivity contribution in [3.05, 3.63) is 57.5 Å². The van der Waals surface area contributed by atoms with E-state index in [1.54, 1.807) is 0 Å². The number of aromatic amines is 1. The monoisotopic (exact) mass is 481 g/mol. The largest absolute Gasteiger partial charge is 0.507 e. The van der Waals surface area contributed by atoms with Crippen LogP contribution in [-0.2, 0) is 26.2 Å². The number of hydrogen-bond donors (Lipinski definition) is 6. The number of phenols is 1. The minimum absolute atomic E-state index is 0.0963. The van der Waals surface area contributed by atoms with Gasteiger partial charge in [0.15, 0.2) is 5.78 Å². The molecule has 1 amide bonds. The predicted molar refractivity (Wildman–Crippen MR) is 110 cm³/mol. The third-order valence-electron chi connectivity index (χ3n) is 4.37. The van der Waals surface area contributed by atoms with E-state index in [9.17, 15) is 37.5 Å². The number of benzene rings is 1. The average Bonchev–Trinajstić information content (AvgIpc) is 2.71. The van der Waals surface area contributed by atoms with Crippen molar-refractivity contribution in [3.8, 4) is 5.75 Å². The minimum atomic E-state index is -4.26. The summed E-state index contributed by atoms with van der Waals surface area (Å²) in [6.07, 6.45) is -0.647. The second kappa shape index (κ2) is 10.1. The van der Waals surface area contributed by atoms with Gasteiger partial charge in [-0.25, -0.2) is 17.9 Å². The van der Waals surface area contributed by atoms with Crippen LogP contribution in [0.5, 0.6) is 5.75 Å². The zero-order chi connectivity index (χ0) is 24.9. The highest BCUT2D eigenvalue weighted by atomic mass is 32.2. The van der Waals surface area contributed by atoms with Gasteiger partial charge in [-0.3, -0.25) is 19.2 Å². The normalized spacial score (nSPS) is 12.0. The van der Waals surface area contributed by atoms with E-state index in [2.05, 4.69) is 15.0 Å². The molecule has 176 valence electrons. The molecule has 33 heavy (non-hydrogen) atoms. The van der Waals surface area contributed by atoms with Crippen molar-refractivity contribution in [1.29, 1.82) is 0 Å². The second-order valence-corrected chi connectivity index (χ2v) is 8.54. The van der Waals surface area contributed by atoms with E-state index in [1.165, 1.54) is 0 Å². The topological polar surface area (TPSA) is 220 Å². The maximum absolute atomic E-state index is 12.4. The Morgan fingerprint density at radius 3 is 2.30 bits per heavy atom. The van der Waals surface area contributed by atoms with Gasteiger partial charge in [-0.05, 0) is 37.3 Å². The number of carboxylic acid groups (broad SMARTS) is 2. The Morgan fingerprint density at radius 1 is 1.09 bits per heavy atom. The molecule has 0 saturated carbocycles. The van der Waals surface area contributed by atoms with Crippen LogP contribution in [0.25, 0.3) is 0 Å². The number of nitrogens with one attached hydrogen (secondary N) is 3. The number of sulfonamides is 1. The number of H-pyrrole nitrogens is 1. The lowest BCUT2D eigenvalue weighted by atomic mass is 10.1. The fourth-order valence-corrected chi connectivity index (χ4v) is 3.62. The van der Waals surface area contributed by atoms with Crippen molar-refractivity contribution in [3.63, 3.8) is 0 Å². The van der Waals surface area contributed by atoms with Crippen LogP contribution in [0, 0.1) is 0 Å². The molecule has 0 saturated heterocycles. The Bertz CT molecular complexity index is 1280. The first-order valence-corrected chi connectivity index (χ1v) is 10.6. The van der Waals surface area contributed by atoms with E-state index < -0.39 is 74.4 Å². The first-order chi connectivity index (χ1) is 15.3. The molecule has 1 unspecified atom stereocenters. The summed E-state index contributed by atoms with van der Waals surface area (Å²) in [5.41, 5.74) is -1.84. The van der Waals surface area contributed by atoms with Gasteiger partial charge in [0, 0.05) is 12.1 Å². The van der Waals surface area contributed by atoms with E-state index >= 15 is 0 Å². The molecule has 0 fully saturated rings. The highest BCUT2D eigenvalue weighted by Crippen LogP contribution is 2.21. The first kappa shape index (κ1) is 25.2. The van der Waals surface area contributed by atoms with Gasteiger partial charge >= 0.3 is 11.9 Å². The van der Waals surface area contributed by atoms with E-state index in [-0.39, 0.29) is 11.3 Å². The molecule has 0 aliphatic rings. The molecule has 1 atom stereocenters. The number of carbonyl (C=O) groups is 4. The molecular formula is C19H19N3O10S. The van der Waals surface area contributed by atoms with E-state index in [0.29, 0.717) is 0 Å². The number of carbonyl (C=O) groups excluding carboxylic acids is 2. The fourth-order valence-electron chi connectivity index (χ4n) is 2.59. The van der Waals surface area contributed by atoms with Crippen molar-refractivity contribution in [2.24, 2.45) is 0 Å². The van der Waals surface area contributed by atoms with E-state index in [0.717, 1.165) is 37.3 Å². The predicted octanol–water partition coefficient (Wildman–Crippen LogP) is -0.581. The summed E-state index contributed by atoms with van der Waals surface area (Å²) in [6, 6.07) is 3.62. The van der Waals surface area contributed by atoms with Crippen LogP contribution in [0.4, 0.5) is 0 Å². The lowest BCUT2D eigenvalue weighted by Crippen LogP contribution is -2.42. The summed E-state index contributed by atoms with van der Waals surface area (Å²) in [4.78, 5) is 59.5. The van der Waals surface area contributed by atoms with Crippen molar-refractivity contribution in [2.45, 2.75) is 30.8 Å². The van der Waals surface area contributed by atoms with Gasteiger partial charge in [0.05, 0.1) is 17.4 Å². The van der Waals surface area contributed by atoms with Gasteiger partial charge < -0.3 is 25.6 Å². The average molecular weight is 481 g/mol. The Kier molecular flexibility index (Phi) is 7.68. The van der Waals surface area contributed by atoms with Gasteiger partial charge in [-0.2, -0.15) is 0 Å². The highest BCUT2D eigenvalue weighted by molar-refractivity contribution is 7.89. The summed E-state index contributed by atoms with van der Waals surface area (Å²) >= 11 is 0. The van der Waals surface area contributed by atoms with Crippen LogP contribution < -0.4 is 15.6 Å². The number of aromatic carboxylic acids is 1. The fraction of sp³-hybridized carbons (Fsp3) is 0.211. The molecule has 0 radical (unpaired) electrons. The molecule has 0 spiro atoms. The molecule has 1 heterocycles. The lowest BCUT2D eigenvalue weighted by molar-refractivity contribution is -0.139. The van der Waals surface area contributed by atoms with Gasteiger partial charge in [0.1, 0.15) is 17.0 Å². The number of carboxylic acids is 2. The summed E-state index contributed by atoms with van der Waals surface area (Å²) < 4.78 is 26.9. The maximum atomic E-state index is 12.4. The number of pyridine rings is 1. The summed E-state index contributed by atoms with van der Waals surface area (Å²) in [5, 5.41) is 29.5. The Hall–Kier alpha value is -4.04. The lowest BCUT2D eigenvalue weighted by Gasteiger charge is -2.14. The Labute approximate surface area is 186 Å². The zero-order valence-electron chi connectivity index (χ0n) is 17.0. The van der Waals surface area contributed by atoms with Crippen molar-refractivity contribution < 1.29 is 42.9 Å². The minimum Gasteiger partial charge on any atom is -0.507 e. The maximum Gasteiger partial charge on any atom is 0.339 e. The van der Waals surface area contributed by atoms with Crippen molar-refractivity contribution in [1.82, 2.24) is 15.0 Å². The smallest absolute Gasteiger partial charge is 0.339 e. The van der Waals surface area contributed by atoms with Crippen LogP contribution in [0.15, 0.2) is 40.0 Å². The van der Waals surface area contributed by atoms with Crippen LogP contribution >= 0.6 is 0 Å². The SMILES string of the molecule is CC(=O)C(CC(=O)O)NC(=O)c1ccc(CNS(=O)(=O)c2ccc(O)c(C(=O)O)c2)c(=O)[nH]1. The van der Waals surface area contributed by atoms with E-state index in [4.69, 9.17) is 10.2 Å². The van der Waals surface area contributed by atoms with Crippen LogP contribution in [0.1, 0.15) is 39.8 Å². The number of Topliss-reactive ketones (excluding diaryl/α,β-unsaturated/α-hetero) is 1. The molecule has 14 heteroatoms. The highest BCUT2D eigenvalue weighted by Gasteiger charge is 2.22. The number of rotatable bonds is 10. The van der Waals surface area contributed by atoms with Crippen molar-refractivity contribution >= 4 is 33.7 Å². The van der Waals surface area contributed by atoms with E-state index in [1.807, 2.05) is 0 Å². The molecule has 2 rings (SSSR count). The van der Waals surface area contributed by atoms with Crippen LogP contribution in [0.2, 0.25) is 0 Å². The summed E-state index contributed by atoms with van der Waals surface area (Å²) in [5.74, 6) is -4.98. The number of hydrogen-bond acceptors (Lipinski definition) is 8.